The Morgan fingerprint density at radius 3 is 2.59 bits per heavy atom. The van der Waals surface area contributed by atoms with Gasteiger partial charge in [-0.25, -0.2) is 14.8 Å². The fourth-order valence-corrected chi connectivity index (χ4v) is 1.73. The predicted octanol–water partition coefficient (Wildman–Crippen LogP) is 0.852. The molecule has 0 bridgehead atoms. The average Bonchev–Trinajstić information content (AvgIpc) is 2.25. The summed E-state index contributed by atoms with van der Waals surface area (Å²) in [5.41, 5.74) is 11.4. The van der Waals surface area contributed by atoms with Gasteiger partial charge in [0, 0.05) is 17.4 Å². The first-order chi connectivity index (χ1) is 8.02. The van der Waals surface area contributed by atoms with E-state index in [1.807, 2.05) is 0 Å². The van der Waals surface area contributed by atoms with Gasteiger partial charge in [0.05, 0.1) is 6.61 Å². The van der Waals surface area contributed by atoms with Gasteiger partial charge in [-0.1, -0.05) is 18.3 Å². The van der Waals surface area contributed by atoms with Crippen LogP contribution < -0.4 is 11.5 Å². The Hall–Kier alpha value is -1.76. The lowest BCUT2D eigenvalue weighted by Crippen LogP contribution is -2.08. The van der Waals surface area contributed by atoms with Gasteiger partial charge in [-0.2, -0.15) is 0 Å². The lowest BCUT2D eigenvalue weighted by molar-refractivity contribution is -0.138. The van der Waals surface area contributed by atoms with Crippen LogP contribution in [0.3, 0.4) is 0 Å². The van der Waals surface area contributed by atoms with E-state index in [4.69, 9.17) is 16.2 Å². The summed E-state index contributed by atoms with van der Waals surface area (Å²) in [6, 6.07) is 1.46. The summed E-state index contributed by atoms with van der Waals surface area (Å²) in [6.45, 7) is 5.68. The lowest BCUT2D eigenvalue weighted by Gasteiger charge is -2.05. The number of aromatic nitrogens is 2. The maximum atomic E-state index is 11.3. The maximum Gasteiger partial charge on any atom is 0.334 e. The Labute approximate surface area is 103 Å². The molecule has 1 aromatic heterocycles. The number of hydrogen-bond acceptors (Lipinski definition) is 7. The number of nitrogens with zero attached hydrogens (tertiary/aromatic N) is 2. The molecule has 0 aliphatic heterocycles. The van der Waals surface area contributed by atoms with Crippen molar-refractivity contribution in [2.45, 2.75) is 12.1 Å². The molecule has 0 spiro atoms. The number of anilines is 2. The average molecular weight is 254 g/mol. The Kier molecular flexibility index (Phi) is 4.77. The first-order valence-corrected chi connectivity index (χ1v) is 5.89. The van der Waals surface area contributed by atoms with Crippen LogP contribution in [0.5, 0.6) is 0 Å². The fraction of sp³-hybridized carbons (Fsp3) is 0.300. The minimum Gasteiger partial charge on any atom is -0.463 e. The van der Waals surface area contributed by atoms with E-state index in [9.17, 15) is 4.79 Å². The second kappa shape index (κ2) is 6.09. The van der Waals surface area contributed by atoms with Gasteiger partial charge in [0.25, 0.3) is 0 Å². The van der Waals surface area contributed by atoms with Crippen LogP contribution in [0.2, 0.25) is 0 Å². The molecule has 0 aliphatic rings. The fourth-order valence-electron chi connectivity index (χ4n) is 0.970. The molecule has 0 aromatic carbocycles. The predicted molar refractivity (Wildman–Crippen MR) is 67.4 cm³/mol. The van der Waals surface area contributed by atoms with Crippen molar-refractivity contribution < 1.29 is 9.53 Å². The van der Waals surface area contributed by atoms with Gasteiger partial charge in [-0.05, 0) is 6.92 Å². The van der Waals surface area contributed by atoms with Gasteiger partial charge >= 0.3 is 5.97 Å². The number of rotatable bonds is 5. The van der Waals surface area contributed by atoms with Crippen molar-refractivity contribution in [1.82, 2.24) is 9.97 Å². The smallest absolute Gasteiger partial charge is 0.334 e. The van der Waals surface area contributed by atoms with E-state index in [2.05, 4.69) is 16.5 Å². The van der Waals surface area contributed by atoms with Crippen molar-refractivity contribution in [2.24, 2.45) is 0 Å². The second-order valence-electron chi connectivity index (χ2n) is 3.11. The van der Waals surface area contributed by atoms with Gasteiger partial charge in [0.15, 0.2) is 5.16 Å². The SMILES string of the molecule is C=C(CSc1nc(N)cc(N)n1)C(=O)OCC. The molecule has 92 valence electrons. The first-order valence-electron chi connectivity index (χ1n) is 4.90. The molecular formula is C10H14N4O2S. The van der Waals surface area contributed by atoms with Crippen molar-refractivity contribution in [3.63, 3.8) is 0 Å². The third kappa shape index (κ3) is 4.31. The molecule has 7 heteroatoms. The van der Waals surface area contributed by atoms with Gasteiger partial charge < -0.3 is 16.2 Å². The van der Waals surface area contributed by atoms with Crippen LogP contribution >= 0.6 is 11.8 Å². The third-order valence-corrected chi connectivity index (χ3v) is 2.62. The quantitative estimate of drug-likeness (QED) is 0.347. The lowest BCUT2D eigenvalue weighted by atomic mass is 10.4. The minimum absolute atomic E-state index is 0.293. The third-order valence-electron chi connectivity index (χ3n) is 1.68. The van der Waals surface area contributed by atoms with Crippen molar-refractivity contribution >= 4 is 29.4 Å². The Morgan fingerprint density at radius 2 is 2.06 bits per heavy atom. The summed E-state index contributed by atoms with van der Waals surface area (Å²) in [7, 11) is 0. The zero-order chi connectivity index (χ0) is 12.8. The monoisotopic (exact) mass is 254 g/mol. The Balaban J connectivity index is 2.55. The highest BCUT2D eigenvalue weighted by Gasteiger charge is 2.09. The molecule has 0 amide bonds. The minimum atomic E-state index is -0.420. The number of nitrogen functional groups attached to an aromatic ring is 2. The van der Waals surface area contributed by atoms with Crippen LogP contribution in [0.15, 0.2) is 23.4 Å². The summed E-state index contributed by atoms with van der Waals surface area (Å²) in [4.78, 5) is 19.2. The summed E-state index contributed by atoms with van der Waals surface area (Å²) < 4.78 is 4.80. The highest BCUT2D eigenvalue weighted by atomic mass is 32.2. The van der Waals surface area contributed by atoms with Gasteiger partial charge in [-0.3, -0.25) is 0 Å². The molecule has 1 aromatic rings. The summed E-state index contributed by atoms with van der Waals surface area (Å²) in [5, 5.41) is 0.410. The van der Waals surface area contributed by atoms with E-state index in [1.165, 1.54) is 17.8 Å². The molecule has 0 unspecified atom stereocenters. The standard InChI is InChI=1S/C10H14N4O2S/c1-3-16-9(15)6(2)5-17-10-13-7(11)4-8(12)14-10/h4H,2-3,5H2,1H3,(H4,11,12,13,14). The van der Waals surface area contributed by atoms with Crippen molar-refractivity contribution in [3.05, 3.63) is 18.2 Å². The van der Waals surface area contributed by atoms with Gasteiger partial charge in [-0.15, -0.1) is 0 Å². The molecule has 0 atom stereocenters. The Bertz CT molecular complexity index is 416. The van der Waals surface area contributed by atoms with E-state index >= 15 is 0 Å². The number of ether oxygens (including phenoxy) is 1. The van der Waals surface area contributed by atoms with Crippen LogP contribution in [0.1, 0.15) is 6.92 Å². The molecule has 6 nitrogen and oxygen atoms in total. The van der Waals surface area contributed by atoms with E-state index < -0.39 is 5.97 Å². The molecule has 4 N–H and O–H groups in total. The van der Waals surface area contributed by atoms with Crippen molar-refractivity contribution in [1.29, 1.82) is 0 Å². The zero-order valence-corrected chi connectivity index (χ0v) is 10.3. The second-order valence-corrected chi connectivity index (χ2v) is 4.06. The van der Waals surface area contributed by atoms with Crippen molar-refractivity contribution in [2.75, 3.05) is 23.8 Å². The van der Waals surface area contributed by atoms with E-state index in [1.54, 1.807) is 6.92 Å². The molecular weight excluding hydrogens is 240 g/mol. The number of carbonyl (C=O) groups excluding carboxylic acids is 1. The topological polar surface area (TPSA) is 104 Å². The number of carbonyl (C=O) groups is 1. The largest absolute Gasteiger partial charge is 0.463 e. The number of nitrogens with two attached hydrogens (primary N) is 2. The van der Waals surface area contributed by atoms with Crippen LogP contribution in [0, 0.1) is 0 Å². The van der Waals surface area contributed by atoms with Gasteiger partial charge in [0.2, 0.25) is 0 Å². The van der Waals surface area contributed by atoms with Crippen molar-refractivity contribution in [3.8, 4) is 0 Å². The molecule has 0 saturated heterocycles. The van der Waals surface area contributed by atoms with Crippen LogP contribution in [0.25, 0.3) is 0 Å². The normalized spacial score (nSPS) is 9.94. The zero-order valence-electron chi connectivity index (χ0n) is 9.47. The highest BCUT2D eigenvalue weighted by Crippen LogP contribution is 2.18. The van der Waals surface area contributed by atoms with E-state index in [0.717, 1.165) is 0 Å². The van der Waals surface area contributed by atoms with Gasteiger partial charge in [0.1, 0.15) is 11.6 Å². The summed E-state index contributed by atoms with van der Waals surface area (Å²) in [6.07, 6.45) is 0. The molecule has 17 heavy (non-hydrogen) atoms. The molecule has 0 radical (unpaired) electrons. The summed E-state index contributed by atoms with van der Waals surface area (Å²) in [5.74, 6) is 0.502. The first kappa shape index (κ1) is 13.3. The number of hydrogen-bond donors (Lipinski definition) is 2. The molecule has 0 fully saturated rings. The number of thioether (sulfide) groups is 1. The summed E-state index contributed by atoms with van der Waals surface area (Å²) >= 11 is 1.23. The number of esters is 1. The van der Waals surface area contributed by atoms with Crippen LogP contribution in [-0.4, -0.2) is 28.3 Å². The maximum absolute atomic E-state index is 11.3. The molecule has 1 rings (SSSR count). The molecule has 1 heterocycles. The van der Waals surface area contributed by atoms with Crippen LogP contribution in [0.4, 0.5) is 11.6 Å². The van der Waals surface area contributed by atoms with E-state index in [0.29, 0.717) is 34.7 Å². The molecule has 0 aliphatic carbocycles. The van der Waals surface area contributed by atoms with E-state index in [-0.39, 0.29) is 0 Å². The molecule has 0 saturated carbocycles. The van der Waals surface area contributed by atoms with Crippen LogP contribution in [-0.2, 0) is 9.53 Å². The highest BCUT2D eigenvalue weighted by molar-refractivity contribution is 7.99. The Morgan fingerprint density at radius 1 is 1.47 bits per heavy atom.